The Morgan fingerprint density at radius 3 is 2.41 bits per heavy atom. The molecule has 2 aromatic carbocycles. The predicted molar refractivity (Wildman–Crippen MR) is 123 cm³/mol. The van der Waals surface area contributed by atoms with Crippen LogP contribution in [0.3, 0.4) is 0 Å². The zero-order chi connectivity index (χ0) is 22.6. The van der Waals surface area contributed by atoms with Gasteiger partial charge in [-0.25, -0.2) is 13.1 Å². The van der Waals surface area contributed by atoms with E-state index in [2.05, 4.69) is 5.32 Å². The molecule has 1 saturated carbocycles. The van der Waals surface area contributed by atoms with Crippen LogP contribution in [0.25, 0.3) is 0 Å². The minimum Gasteiger partial charge on any atom is -0.390 e. The Balaban J connectivity index is 0.00000363. The van der Waals surface area contributed by atoms with Gasteiger partial charge < -0.3 is 10.4 Å². The maximum Gasteiger partial charge on any atom is 0.293 e. The number of benzene rings is 2. The Morgan fingerprint density at radius 1 is 1.19 bits per heavy atom. The molecule has 32 heavy (non-hydrogen) atoms. The molecule has 0 saturated heterocycles. The Labute approximate surface area is 192 Å². The summed E-state index contributed by atoms with van der Waals surface area (Å²) in [6.45, 7) is 2.28. The summed E-state index contributed by atoms with van der Waals surface area (Å²) in [6.07, 6.45) is 2.93. The summed E-state index contributed by atoms with van der Waals surface area (Å²) in [5.74, 6) is -0.563. The first-order chi connectivity index (χ1) is 14.6. The molecule has 1 aliphatic rings. The second-order valence-electron chi connectivity index (χ2n) is 8.06. The fraction of sp³-hybridized carbons (Fsp3) is 0.381. The number of nitrogens with one attached hydrogen (secondary N) is 2. The topological polar surface area (TPSA) is 139 Å². The zero-order valence-electron chi connectivity index (χ0n) is 17.5. The summed E-state index contributed by atoms with van der Waals surface area (Å²) >= 11 is 0. The van der Waals surface area contributed by atoms with E-state index in [4.69, 9.17) is 0 Å². The highest BCUT2D eigenvalue weighted by molar-refractivity contribution is 7.90. The molecule has 1 amide bonds. The third-order valence-electron chi connectivity index (χ3n) is 5.50. The third kappa shape index (κ3) is 6.41. The highest BCUT2D eigenvalue weighted by atomic mass is 35.5. The van der Waals surface area contributed by atoms with E-state index in [1.165, 1.54) is 24.3 Å². The molecule has 1 fully saturated rings. The molecule has 3 N–H and O–H groups in total. The molecule has 0 bridgehead atoms. The number of amides is 1. The van der Waals surface area contributed by atoms with E-state index in [9.17, 15) is 28.4 Å². The highest BCUT2D eigenvalue weighted by Crippen LogP contribution is 2.33. The Hall–Kier alpha value is -2.69. The predicted octanol–water partition coefficient (Wildman–Crippen LogP) is 3.49. The van der Waals surface area contributed by atoms with Crippen LogP contribution in [-0.4, -0.2) is 36.5 Å². The zero-order valence-corrected chi connectivity index (χ0v) is 19.1. The van der Waals surface area contributed by atoms with Gasteiger partial charge in [0, 0.05) is 18.2 Å². The van der Waals surface area contributed by atoms with E-state index < -0.39 is 32.1 Å². The van der Waals surface area contributed by atoms with Crippen LogP contribution < -0.4 is 10.0 Å². The minimum absolute atomic E-state index is 0. The number of rotatable bonds is 7. The molecule has 0 aliphatic heterocycles. The van der Waals surface area contributed by atoms with Crippen LogP contribution in [0.15, 0.2) is 53.4 Å². The van der Waals surface area contributed by atoms with Gasteiger partial charge in [-0.3, -0.25) is 14.9 Å². The first-order valence-corrected chi connectivity index (χ1v) is 11.4. The number of nitrogens with zero attached hydrogens (tertiary/aromatic N) is 1. The standard InChI is InChI=1S/C21H25N3O6S.ClH/c1-21(26)11-9-15(10-12-21)14-22-18-8-7-17(13-19(18)24(27)28)31(29,30)23-20(25)16-5-3-2-4-6-16;/h2-8,13,15,22,26H,9-12,14H2,1H3,(H,23,25);1H. The van der Waals surface area contributed by atoms with Crippen molar-refractivity contribution in [2.45, 2.75) is 43.1 Å². The number of aliphatic hydroxyl groups is 1. The molecular weight excluding hydrogens is 458 g/mol. The van der Waals surface area contributed by atoms with Gasteiger partial charge in [0.2, 0.25) is 0 Å². The summed E-state index contributed by atoms with van der Waals surface area (Å²) in [4.78, 5) is 22.7. The first-order valence-electron chi connectivity index (χ1n) is 9.94. The van der Waals surface area contributed by atoms with Crippen molar-refractivity contribution in [1.82, 2.24) is 4.72 Å². The fourth-order valence-electron chi connectivity index (χ4n) is 3.57. The largest absolute Gasteiger partial charge is 0.390 e. The average molecular weight is 484 g/mol. The van der Waals surface area contributed by atoms with Gasteiger partial charge in [0.05, 0.1) is 15.4 Å². The lowest BCUT2D eigenvalue weighted by Gasteiger charge is -2.33. The van der Waals surface area contributed by atoms with E-state index >= 15 is 0 Å². The Kier molecular flexibility index (Phi) is 8.22. The van der Waals surface area contributed by atoms with Crippen molar-refractivity contribution in [1.29, 1.82) is 0 Å². The van der Waals surface area contributed by atoms with Gasteiger partial charge in [-0.2, -0.15) is 0 Å². The molecule has 0 atom stereocenters. The molecule has 0 unspecified atom stereocenters. The van der Waals surface area contributed by atoms with Crippen molar-refractivity contribution in [2.75, 3.05) is 11.9 Å². The maximum atomic E-state index is 12.6. The van der Waals surface area contributed by atoms with Crippen molar-refractivity contribution >= 4 is 39.7 Å². The molecule has 3 rings (SSSR count). The molecule has 1 aliphatic carbocycles. The molecule has 0 aromatic heterocycles. The van der Waals surface area contributed by atoms with Crippen LogP contribution in [0.4, 0.5) is 11.4 Å². The van der Waals surface area contributed by atoms with E-state index in [1.807, 2.05) is 4.72 Å². The molecular formula is C21H26ClN3O6S. The summed E-state index contributed by atoms with van der Waals surface area (Å²) in [6, 6.07) is 11.3. The van der Waals surface area contributed by atoms with E-state index in [0.29, 0.717) is 19.4 Å². The van der Waals surface area contributed by atoms with E-state index in [1.54, 1.807) is 25.1 Å². The van der Waals surface area contributed by atoms with Crippen LogP contribution in [-0.2, 0) is 10.0 Å². The van der Waals surface area contributed by atoms with Crippen molar-refractivity contribution in [3.05, 3.63) is 64.2 Å². The Bertz CT molecular complexity index is 1070. The monoisotopic (exact) mass is 483 g/mol. The molecule has 11 heteroatoms. The molecule has 0 radical (unpaired) electrons. The number of carbonyl (C=O) groups is 1. The number of carbonyl (C=O) groups excluding carboxylic acids is 1. The first kappa shape index (κ1) is 25.6. The number of nitro groups is 1. The lowest BCUT2D eigenvalue weighted by molar-refractivity contribution is -0.384. The third-order valence-corrected chi connectivity index (χ3v) is 6.83. The van der Waals surface area contributed by atoms with Crippen molar-refractivity contribution in [3.8, 4) is 0 Å². The maximum absolute atomic E-state index is 12.6. The van der Waals surface area contributed by atoms with Crippen molar-refractivity contribution < 1.29 is 23.2 Å². The highest BCUT2D eigenvalue weighted by Gasteiger charge is 2.29. The van der Waals surface area contributed by atoms with Gasteiger partial charge in [-0.15, -0.1) is 12.4 Å². The summed E-state index contributed by atoms with van der Waals surface area (Å²) < 4.78 is 27.1. The number of nitro benzene ring substituents is 1. The summed E-state index contributed by atoms with van der Waals surface area (Å²) in [5, 5.41) is 24.6. The van der Waals surface area contributed by atoms with Crippen molar-refractivity contribution in [2.24, 2.45) is 5.92 Å². The van der Waals surface area contributed by atoms with Crippen LogP contribution in [0.1, 0.15) is 43.0 Å². The van der Waals surface area contributed by atoms with Gasteiger partial charge in [0.15, 0.2) is 0 Å². The Morgan fingerprint density at radius 2 is 1.81 bits per heavy atom. The second-order valence-corrected chi connectivity index (χ2v) is 9.74. The summed E-state index contributed by atoms with van der Waals surface area (Å²) in [7, 11) is -4.29. The minimum atomic E-state index is -4.29. The van der Waals surface area contributed by atoms with Crippen LogP contribution >= 0.6 is 12.4 Å². The van der Waals surface area contributed by atoms with E-state index in [0.717, 1.165) is 18.9 Å². The van der Waals surface area contributed by atoms with E-state index in [-0.39, 0.29) is 34.5 Å². The molecule has 2 aromatic rings. The number of halogens is 1. The van der Waals surface area contributed by atoms with Gasteiger partial charge in [0.1, 0.15) is 5.69 Å². The SMILES string of the molecule is CC1(O)CCC(CNc2ccc(S(=O)(=O)NC(=O)c3ccccc3)cc2[N+](=O)[O-])CC1.Cl. The van der Waals surface area contributed by atoms with Crippen LogP contribution in [0, 0.1) is 16.0 Å². The second kappa shape index (κ2) is 10.3. The molecule has 0 heterocycles. The smallest absolute Gasteiger partial charge is 0.293 e. The summed E-state index contributed by atoms with van der Waals surface area (Å²) in [5.41, 5.74) is -0.693. The molecule has 0 spiro atoms. The molecule has 9 nitrogen and oxygen atoms in total. The lowest BCUT2D eigenvalue weighted by atomic mass is 9.80. The number of hydrogen-bond acceptors (Lipinski definition) is 7. The fourth-order valence-corrected chi connectivity index (χ4v) is 4.56. The normalized spacial score (nSPS) is 20.6. The lowest BCUT2D eigenvalue weighted by Crippen LogP contribution is -2.32. The van der Waals surface area contributed by atoms with Crippen LogP contribution in [0.2, 0.25) is 0 Å². The number of sulfonamides is 1. The molecule has 174 valence electrons. The van der Waals surface area contributed by atoms with Gasteiger partial charge in [-0.1, -0.05) is 18.2 Å². The number of hydrogen-bond donors (Lipinski definition) is 3. The van der Waals surface area contributed by atoms with Crippen molar-refractivity contribution in [3.63, 3.8) is 0 Å². The van der Waals surface area contributed by atoms with Gasteiger partial charge in [0.25, 0.3) is 21.6 Å². The quantitative estimate of drug-likeness (QED) is 0.404. The van der Waals surface area contributed by atoms with Crippen LogP contribution in [0.5, 0.6) is 0 Å². The average Bonchev–Trinajstić information content (AvgIpc) is 2.73. The van der Waals surface area contributed by atoms with Gasteiger partial charge >= 0.3 is 0 Å². The van der Waals surface area contributed by atoms with Gasteiger partial charge in [-0.05, 0) is 62.8 Å². The number of anilines is 1.